The monoisotopic (exact) mass is 164 g/mol. The number of pyridine rings is 1. The number of nitrogens with one attached hydrogen (secondary N) is 1. The molecule has 0 bridgehead atoms. The molecule has 2 rings (SSSR count). The van der Waals surface area contributed by atoms with Crippen molar-refractivity contribution >= 4 is 6.09 Å². The van der Waals surface area contributed by atoms with Crippen LogP contribution in [0.3, 0.4) is 0 Å². The molecule has 0 spiro atoms. The lowest BCUT2D eigenvalue weighted by atomic mass is 10.1. The fourth-order valence-corrected chi connectivity index (χ4v) is 1.16. The molecule has 1 aliphatic heterocycles. The molecule has 1 amide bonds. The second-order valence-corrected chi connectivity index (χ2v) is 2.58. The Labute approximate surface area is 69.6 Å². The van der Waals surface area contributed by atoms with Crippen LogP contribution in [0.2, 0.25) is 0 Å². The van der Waals surface area contributed by atoms with Crippen molar-refractivity contribution in [3.63, 3.8) is 0 Å². The minimum Gasteiger partial charge on any atom is -0.447 e. The van der Waals surface area contributed by atoms with E-state index in [1.807, 2.05) is 12.1 Å². The summed E-state index contributed by atoms with van der Waals surface area (Å²) in [7, 11) is 0. The Kier molecular flexibility index (Phi) is 1.66. The van der Waals surface area contributed by atoms with Crippen molar-refractivity contribution in [2.45, 2.75) is 6.04 Å². The first-order valence-electron chi connectivity index (χ1n) is 3.69. The maximum Gasteiger partial charge on any atom is 0.407 e. The van der Waals surface area contributed by atoms with Gasteiger partial charge in [0.2, 0.25) is 0 Å². The first-order chi connectivity index (χ1) is 5.86. The molecule has 62 valence electrons. The van der Waals surface area contributed by atoms with Crippen LogP contribution in [0.4, 0.5) is 4.79 Å². The quantitative estimate of drug-likeness (QED) is 0.669. The molecule has 1 saturated heterocycles. The third kappa shape index (κ3) is 1.23. The highest BCUT2D eigenvalue weighted by molar-refractivity contribution is 5.70. The average molecular weight is 164 g/mol. The fourth-order valence-electron chi connectivity index (χ4n) is 1.16. The van der Waals surface area contributed by atoms with Crippen molar-refractivity contribution in [3.05, 3.63) is 30.1 Å². The zero-order valence-corrected chi connectivity index (χ0v) is 6.36. The molecule has 1 aromatic rings. The molecule has 4 nitrogen and oxygen atoms in total. The van der Waals surface area contributed by atoms with E-state index < -0.39 is 0 Å². The molecule has 0 radical (unpaired) electrons. The highest BCUT2D eigenvalue weighted by Gasteiger charge is 2.23. The van der Waals surface area contributed by atoms with Gasteiger partial charge in [0.05, 0.1) is 6.04 Å². The Morgan fingerprint density at radius 2 is 2.25 bits per heavy atom. The maximum atomic E-state index is 10.7. The van der Waals surface area contributed by atoms with Gasteiger partial charge in [-0.25, -0.2) is 4.79 Å². The van der Waals surface area contributed by atoms with Gasteiger partial charge >= 0.3 is 6.09 Å². The molecular formula is C8H8N2O2. The van der Waals surface area contributed by atoms with E-state index in [-0.39, 0.29) is 12.1 Å². The summed E-state index contributed by atoms with van der Waals surface area (Å²) >= 11 is 0. The molecule has 12 heavy (non-hydrogen) atoms. The Morgan fingerprint density at radius 1 is 1.50 bits per heavy atom. The van der Waals surface area contributed by atoms with E-state index in [1.54, 1.807) is 12.4 Å². The van der Waals surface area contributed by atoms with Crippen molar-refractivity contribution in [2.24, 2.45) is 0 Å². The van der Waals surface area contributed by atoms with Gasteiger partial charge < -0.3 is 10.1 Å². The van der Waals surface area contributed by atoms with Crippen LogP contribution in [0.1, 0.15) is 11.6 Å². The summed E-state index contributed by atoms with van der Waals surface area (Å²) < 4.78 is 4.75. The Balaban J connectivity index is 2.16. The van der Waals surface area contributed by atoms with E-state index in [0.29, 0.717) is 6.61 Å². The van der Waals surface area contributed by atoms with Crippen molar-refractivity contribution in [1.29, 1.82) is 0 Å². The van der Waals surface area contributed by atoms with Gasteiger partial charge in [0.1, 0.15) is 6.61 Å². The predicted octanol–water partition coefficient (Wildman–Crippen LogP) is 0.863. The molecule has 0 unspecified atom stereocenters. The van der Waals surface area contributed by atoms with Crippen molar-refractivity contribution in [2.75, 3.05) is 6.61 Å². The number of ether oxygens (including phenoxy) is 1. The van der Waals surface area contributed by atoms with Crippen molar-refractivity contribution in [1.82, 2.24) is 10.3 Å². The topological polar surface area (TPSA) is 51.2 Å². The summed E-state index contributed by atoms with van der Waals surface area (Å²) in [5, 5.41) is 2.68. The Morgan fingerprint density at radius 3 is 2.83 bits per heavy atom. The van der Waals surface area contributed by atoms with Crippen molar-refractivity contribution < 1.29 is 9.53 Å². The minimum absolute atomic E-state index is 0.0134. The van der Waals surface area contributed by atoms with Gasteiger partial charge in [0.25, 0.3) is 0 Å². The second kappa shape index (κ2) is 2.81. The first kappa shape index (κ1) is 7.09. The van der Waals surface area contributed by atoms with Gasteiger partial charge in [-0.3, -0.25) is 4.98 Å². The highest BCUT2D eigenvalue weighted by Crippen LogP contribution is 2.16. The SMILES string of the molecule is O=C1N[C@H](c2ccncc2)CO1. The molecule has 0 aliphatic carbocycles. The molecule has 1 N–H and O–H groups in total. The van der Waals surface area contributed by atoms with Crippen LogP contribution in [-0.2, 0) is 4.74 Å². The van der Waals surface area contributed by atoms with E-state index >= 15 is 0 Å². The number of aromatic nitrogens is 1. The van der Waals surface area contributed by atoms with Crippen LogP contribution in [0.15, 0.2) is 24.5 Å². The van der Waals surface area contributed by atoms with Crippen LogP contribution in [0.25, 0.3) is 0 Å². The largest absolute Gasteiger partial charge is 0.447 e. The summed E-state index contributed by atoms with van der Waals surface area (Å²) in [5.41, 5.74) is 1.02. The predicted molar refractivity (Wildman–Crippen MR) is 41.5 cm³/mol. The molecule has 0 saturated carbocycles. The Hall–Kier alpha value is -1.58. The number of cyclic esters (lactones) is 1. The van der Waals surface area contributed by atoms with Gasteiger partial charge in [-0.05, 0) is 17.7 Å². The second-order valence-electron chi connectivity index (χ2n) is 2.58. The average Bonchev–Trinajstić information content (AvgIpc) is 2.54. The zero-order valence-electron chi connectivity index (χ0n) is 6.36. The maximum absolute atomic E-state index is 10.7. The third-order valence-electron chi connectivity index (χ3n) is 1.78. The summed E-state index contributed by atoms with van der Waals surface area (Å²) in [6, 6.07) is 3.71. The van der Waals surface area contributed by atoms with Crippen LogP contribution >= 0.6 is 0 Å². The van der Waals surface area contributed by atoms with Gasteiger partial charge in [-0.15, -0.1) is 0 Å². The Bertz CT molecular complexity index is 286. The van der Waals surface area contributed by atoms with Crippen LogP contribution in [0, 0.1) is 0 Å². The lowest BCUT2D eigenvalue weighted by Crippen LogP contribution is -2.18. The number of nitrogens with zero attached hydrogens (tertiary/aromatic N) is 1. The zero-order chi connectivity index (χ0) is 8.39. The fraction of sp³-hybridized carbons (Fsp3) is 0.250. The van der Waals surface area contributed by atoms with Crippen molar-refractivity contribution in [3.8, 4) is 0 Å². The van der Waals surface area contributed by atoms with E-state index in [0.717, 1.165) is 5.56 Å². The van der Waals surface area contributed by atoms with Crippen LogP contribution < -0.4 is 5.32 Å². The van der Waals surface area contributed by atoms with Crippen LogP contribution in [0.5, 0.6) is 0 Å². The third-order valence-corrected chi connectivity index (χ3v) is 1.78. The lowest BCUT2D eigenvalue weighted by molar-refractivity contribution is 0.177. The molecule has 4 heteroatoms. The summed E-state index contributed by atoms with van der Waals surface area (Å²) in [6.45, 7) is 0.406. The summed E-state index contributed by atoms with van der Waals surface area (Å²) in [4.78, 5) is 14.6. The number of carbonyl (C=O) groups is 1. The standard InChI is InChI=1S/C8H8N2O2/c11-8-10-7(5-12-8)6-1-3-9-4-2-6/h1-4,7H,5H2,(H,10,11)/t7-/m0/s1. The van der Waals surface area contributed by atoms with Crippen LogP contribution in [-0.4, -0.2) is 17.7 Å². The van der Waals surface area contributed by atoms with E-state index in [1.165, 1.54) is 0 Å². The molecule has 0 aromatic carbocycles. The number of rotatable bonds is 1. The molecule has 1 fully saturated rings. The number of carbonyl (C=O) groups excluding carboxylic acids is 1. The molecule has 1 atom stereocenters. The van der Waals surface area contributed by atoms with Gasteiger partial charge in [0.15, 0.2) is 0 Å². The normalized spacial score (nSPS) is 21.7. The molecular weight excluding hydrogens is 156 g/mol. The smallest absolute Gasteiger partial charge is 0.407 e. The van der Waals surface area contributed by atoms with E-state index in [2.05, 4.69) is 10.3 Å². The number of amides is 1. The summed E-state index contributed by atoms with van der Waals surface area (Å²) in [5.74, 6) is 0. The van der Waals surface area contributed by atoms with E-state index in [4.69, 9.17) is 4.74 Å². The molecule has 1 aromatic heterocycles. The number of hydrogen-bond donors (Lipinski definition) is 1. The molecule has 1 aliphatic rings. The highest BCUT2D eigenvalue weighted by atomic mass is 16.6. The summed E-state index contributed by atoms with van der Waals surface area (Å²) in [6.07, 6.45) is 3.04. The molecule has 2 heterocycles. The van der Waals surface area contributed by atoms with E-state index in [9.17, 15) is 4.79 Å². The first-order valence-corrected chi connectivity index (χ1v) is 3.69. The van der Waals surface area contributed by atoms with Gasteiger partial charge in [-0.1, -0.05) is 0 Å². The number of alkyl carbamates (subject to hydrolysis) is 1. The van der Waals surface area contributed by atoms with Gasteiger partial charge in [-0.2, -0.15) is 0 Å². The number of hydrogen-bond acceptors (Lipinski definition) is 3. The van der Waals surface area contributed by atoms with Gasteiger partial charge in [0, 0.05) is 12.4 Å². The lowest BCUT2D eigenvalue weighted by Gasteiger charge is -2.05. The minimum atomic E-state index is -0.350.